The molecule has 0 aliphatic rings. The van der Waals surface area contributed by atoms with Crippen LogP contribution in [-0.2, 0) is 0 Å². The van der Waals surface area contributed by atoms with Crippen LogP contribution in [0.4, 0.5) is 0 Å². The van der Waals surface area contributed by atoms with Crippen molar-refractivity contribution in [3.05, 3.63) is 54.1 Å². The number of thioether (sulfide) groups is 1. The monoisotopic (exact) mass is 313 g/mol. The van der Waals surface area contributed by atoms with E-state index in [1.54, 1.807) is 31.4 Å². The first-order valence-corrected chi connectivity index (χ1v) is 7.76. The number of ether oxygens (including phenoxy) is 1. The first-order chi connectivity index (χ1) is 10.7. The van der Waals surface area contributed by atoms with E-state index in [4.69, 9.17) is 9.15 Å². The molecule has 0 saturated heterocycles. The van der Waals surface area contributed by atoms with E-state index in [2.05, 4.69) is 4.98 Å². The SMILES string of the molecule is COc1ccc(C(=O)[C@H](C)Sc2nc3ccccc3o2)cc1. The Kier molecular flexibility index (Phi) is 4.15. The number of para-hydroxylation sites is 2. The van der Waals surface area contributed by atoms with Gasteiger partial charge in [-0.05, 0) is 43.3 Å². The Morgan fingerprint density at radius 3 is 2.59 bits per heavy atom. The van der Waals surface area contributed by atoms with Crippen molar-refractivity contribution in [2.45, 2.75) is 17.4 Å². The van der Waals surface area contributed by atoms with Crippen LogP contribution in [0.3, 0.4) is 0 Å². The number of hydrogen-bond acceptors (Lipinski definition) is 5. The van der Waals surface area contributed by atoms with E-state index in [-0.39, 0.29) is 11.0 Å². The third-order valence-electron chi connectivity index (χ3n) is 3.30. The summed E-state index contributed by atoms with van der Waals surface area (Å²) in [4.78, 5) is 16.8. The molecule has 0 fully saturated rings. The molecule has 1 heterocycles. The standard InChI is InChI=1S/C17H15NO3S/c1-11(16(19)12-7-9-13(20-2)10-8-12)22-17-18-14-5-3-4-6-15(14)21-17/h3-11H,1-2H3/t11-/m0/s1. The van der Waals surface area contributed by atoms with Gasteiger partial charge in [-0.2, -0.15) is 0 Å². The van der Waals surface area contributed by atoms with Crippen molar-refractivity contribution in [2.75, 3.05) is 7.11 Å². The van der Waals surface area contributed by atoms with Crippen LogP contribution in [0.1, 0.15) is 17.3 Å². The number of rotatable bonds is 5. The predicted octanol–water partition coefficient (Wildman–Crippen LogP) is 4.20. The molecule has 1 aromatic heterocycles. The third-order valence-corrected chi connectivity index (χ3v) is 4.24. The zero-order chi connectivity index (χ0) is 15.5. The first kappa shape index (κ1) is 14.7. The minimum atomic E-state index is -0.276. The van der Waals surface area contributed by atoms with Gasteiger partial charge < -0.3 is 9.15 Å². The Morgan fingerprint density at radius 2 is 1.91 bits per heavy atom. The number of oxazole rings is 1. The second-order valence-electron chi connectivity index (χ2n) is 4.80. The van der Waals surface area contributed by atoms with Gasteiger partial charge in [0.05, 0.1) is 12.4 Å². The van der Waals surface area contributed by atoms with Crippen molar-refractivity contribution in [2.24, 2.45) is 0 Å². The number of nitrogens with zero attached hydrogens (tertiary/aromatic N) is 1. The smallest absolute Gasteiger partial charge is 0.257 e. The van der Waals surface area contributed by atoms with Gasteiger partial charge in [0, 0.05) is 5.56 Å². The van der Waals surface area contributed by atoms with Gasteiger partial charge in [-0.25, -0.2) is 4.98 Å². The number of carbonyl (C=O) groups is 1. The van der Waals surface area contributed by atoms with Crippen LogP contribution in [0.5, 0.6) is 5.75 Å². The lowest BCUT2D eigenvalue weighted by atomic mass is 10.1. The zero-order valence-electron chi connectivity index (χ0n) is 12.3. The average molecular weight is 313 g/mol. The summed E-state index contributed by atoms with van der Waals surface area (Å²) in [5.74, 6) is 0.769. The molecule has 0 saturated carbocycles. The number of hydrogen-bond donors (Lipinski definition) is 0. The van der Waals surface area contributed by atoms with Crippen LogP contribution in [-0.4, -0.2) is 23.1 Å². The van der Waals surface area contributed by atoms with Crippen molar-refractivity contribution in [1.82, 2.24) is 4.98 Å². The lowest BCUT2D eigenvalue weighted by molar-refractivity contribution is 0.0993. The predicted molar refractivity (Wildman–Crippen MR) is 86.7 cm³/mol. The summed E-state index contributed by atoms with van der Waals surface area (Å²) in [6, 6.07) is 14.7. The molecule has 0 amide bonds. The van der Waals surface area contributed by atoms with Gasteiger partial charge in [-0.3, -0.25) is 4.79 Å². The lowest BCUT2D eigenvalue weighted by Gasteiger charge is -2.08. The summed E-state index contributed by atoms with van der Waals surface area (Å²) in [7, 11) is 1.60. The molecule has 22 heavy (non-hydrogen) atoms. The molecule has 1 atom stereocenters. The highest BCUT2D eigenvalue weighted by Crippen LogP contribution is 2.28. The number of Topliss-reactive ketones (excluding diaryl/α,β-unsaturated/α-hetero) is 1. The minimum Gasteiger partial charge on any atom is -0.497 e. The summed E-state index contributed by atoms with van der Waals surface area (Å²) < 4.78 is 10.7. The zero-order valence-corrected chi connectivity index (χ0v) is 13.1. The summed E-state index contributed by atoms with van der Waals surface area (Å²) in [6.45, 7) is 1.85. The quantitative estimate of drug-likeness (QED) is 0.522. The number of fused-ring (bicyclic) bond motifs is 1. The summed E-state index contributed by atoms with van der Waals surface area (Å²) in [6.07, 6.45) is 0. The summed E-state index contributed by atoms with van der Waals surface area (Å²) in [5, 5.41) is 0.233. The van der Waals surface area contributed by atoms with Gasteiger partial charge in [-0.15, -0.1) is 0 Å². The molecule has 5 heteroatoms. The Labute approximate surface area is 132 Å². The molecule has 2 aromatic carbocycles. The topological polar surface area (TPSA) is 52.3 Å². The van der Waals surface area contributed by atoms with Crippen LogP contribution < -0.4 is 4.74 Å². The van der Waals surface area contributed by atoms with Gasteiger partial charge in [0.1, 0.15) is 11.3 Å². The van der Waals surface area contributed by atoms with Gasteiger partial charge in [0.2, 0.25) is 0 Å². The van der Waals surface area contributed by atoms with E-state index in [0.717, 1.165) is 16.8 Å². The molecule has 4 nitrogen and oxygen atoms in total. The number of benzene rings is 2. The van der Waals surface area contributed by atoms with Crippen molar-refractivity contribution >= 4 is 28.6 Å². The van der Waals surface area contributed by atoms with Crippen molar-refractivity contribution in [3.63, 3.8) is 0 Å². The number of carbonyl (C=O) groups excluding carboxylic acids is 1. The molecular formula is C17H15NO3S. The second-order valence-corrected chi connectivity index (χ2v) is 6.09. The van der Waals surface area contributed by atoms with Gasteiger partial charge in [0.25, 0.3) is 5.22 Å². The molecule has 112 valence electrons. The average Bonchev–Trinajstić information content (AvgIpc) is 2.96. The van der Waals surface area contributed by atoms with Crippen LogP contribution in [0.25, 0.3) is 11.1 Å². The fourth-order valence-electron chi connectivity index (χ4n) is 2.10. The highest BCUT2D eigenvalue weighted by molar-refractivity contribution is 8.00. The maximum Gasteiger partial charge on any atom is 0.257 e. The highest BCUT2D eigenvalue weighted by Gasteiger charge is 2.19. The molecule has 0 spiro atoms. The van der Waals surface area contributed by atoms with Crippen molar-refractivity contribution in [3.8, 4) is 5.75 Å². The first-order valence-electron chi connectivity index (χ1n) is 6.88. The van der Waals surface area contributed by atoms with Crippen LogP contribution in [0.15, 0.2) is 58.2 Å². The number of ketones is 1. The molecule has 0 aliphatic heterocycles. The molecule has 0 unspecified atom stereocenters. The molecule has 0 aliphatic carbocycles. The summed E-state index contributed by atoms with van der Waals surface area (Å²) >= 11 is 1.32. The van der Waals surface area contributed by atoms with Crippen LogP contribution >= 0.6 is 11.8 Å². The number of methoxy groups -OCH3 is 1. The van der Waals surface area contributed by atoms with E-state index < -0.39 is 0 Å². The summed E-state index contributed by atoms with van der Waals surface area (Å²) in [5.41, 5.74) is 2.18. The van der Waals surface area contributed by atoms with E-state index in [1.807, 2.05) is 31.2 Å². The van der Waals surface area contributed by atoms with Gasteiger partial charge >= 0.3 is 0 Å². The lowest BCUT2D eigenvalue weighted by Crippen LogP contribution is -2.13. The normalized spacial score (nSPS) is 12.3. The maximum absolute atomic E-state index is 12.4. The van der Waals surface area contributed by atoms with Gasteiger partial charge in [-0.1, -0.05) is 23.9 Å². The van der Waals surface area contributed by atoms with E-state index in [9.17, 15) is 4.79 Å². The molecule has 0 radical (unpaired) electrons. The van der Waals surface area contributed by atoms with Crippen LogP contribution in [0.2, 0.25) is 0 Å². The molecule has 0 bridgehead atoms. The third kappa shape index (κ3) is 2.99. The molecule has 3 aromatic rings. The van der Waals surface area contributed by atoms with Crippen LogP contribution in [0, 0.1) is 0 Å². The fourth-order valence-corrected chi connectivity index (χ4v) is 2.93. The largest absolute Gasteiger partial charge is 0.497 e. The molecule has 3 rings (SSSR count). The van der Waals surface area contributed by atoms with E-state index in [0.29, 0.717) is 10.8 Å². The Morgan fingerprint density at radius 1 is 1.18 bits per heavy atom. The maximum atomic E-state index is 12.4. The van der Waals surface area contributed by atoms with E-state index >= 15 is 0 Å². The van der Waals surface area contributed by atoms with Crippen molar-refractivity contribution < 1.29 is 13.9 Å². The fraction of sp³-hybridized carbons (Fsp3) is 0.176. The van der Waals surface area contributed by atoms with Crippen molar-refractivity contribution in [1.29, 1.82) is 0 Å². The van der Waals surface area contributed by atoms with Gasteiger partial charge in [0.15, 0.2) is 11.4 Å². The number of aromatic nitrogens is 1. The Balaban J connectivity index is 1.74. The Bertz CT molecular complexity index is 762. The highest BCUT2D eigenvalue weighted by atomic mass is 32.2. The Hall–Kier alpha value is -2.27. The molecular weight excluding hydrogens is 298 g/mol. The van der Waals surface area contributed by atoms with E-state index in [1.165, 1.54) is 11.8 Å². The second kappa shape index (κ2) is 6.23. The minimum absolute atomic E-state index is 0.0370. The molecule has 0 N–H and O–H groups in total.